The molecule has 3 rings (SSSR count). The van der Waals surface area contributed by atoms with Crippen LogP contribution in [0.5, 0.6) is 0 Å². The summed E-state index contributed by atoms with van der Waals surface area (Å²) in [5.41, 5.74) is 1.36. The minimum atomic E-state index is 0.574. The predicted octanol–water partition coefficient (Wildman–Crippen LogP) is 3.57. The molecule has 0 aliphatic carbocycles. The second-order valence-electron chi connectivity index (χ2n) is 5.87. The zero-order valence-electron chi connectivity index (χ0n) is 12.5. The Morgan fingerprint density at radius 1 is 1.33 bits per heavy atom. The van der Waals surface area contributed by atoms with Crippen molar-refractivity contribution in [3.63, 3.8) is 0 Å². The fourth-order valence-corrected chi connectivity index (χ4v) is 3.60. The normalized spacial score (nSPS) is 21.1. The second kappa shape index (κ2) is 6.86. The minimum absolute atomic E-state index is 0.574. The molecular weight excluding hydrogens is 326 g/mol. The van der Waals surface area contributed by atoms with Gasteiger partial charge in [0.05, 0.1) is 0 Å². The van der Waals surface area contributed by atoms with E-state index in [1.165, 1.54) is 40.2 Å². The average Bonchev–Trinajstić information content (AvgIpc) is 2.49. The van der Waals surface area contributed by atoms with Crippen molar-refractivity contribution < 1.29 is 0 Å². The monoisotopic (exact) mass is 347 g/mol. The van der Waals surface area contributed by atoms with Crippen LogP contribution in [-0.2, 0) is 6.54 Å². The molecule has 1 saturated heterocycles. The topological polar surface area (TPSA) is 28.2 Å². The zero-order chi connectivity index (χ0) is 14.7. The predicted molar refractivity (Wildman–Crippen MR) is 91.4 cm³/mol. The summed E-state index contributed by atoms with van der Waals surface area (Å²) in [5.74, 6) is 0. The molecule has 4 heteroatoms. The standard InChI is InChI=1S/C17H22BrN3/c1-13-10-19-7-2-3-9-21(13)12-15-5-4-14-11-20-8-6-16(14)17(15)18/h4-6,8,11,13,19H,2-3,7,9-10,12H2,1H3/t13-/m1/s1. The van der Waals surface area contributed by atoms with Crippen molar-refractivity contribution in [3.8, 4) is 0 Å². The molecule has 2 aromatic rings. The van der Waals surface area contributed by atoms with Gasteiger partial charge in [-0.25, -0.2) is 0 Å². The van der Waals surface area contributed by atoms with Gasteiger partial charge in [-0.15, -0.1) is 0 Å². The Morgan fingerprint density at radius 3 is 3.14 bits per heavy atom. The van der Waals surface area contributed by atoms with E-state index in [9.17, 15) is 0 Å². The van der Waals surface area contributed by atoms with Crippen LogP contribution in [0.4, 0.5) is 0 Å². The van der Waals surface area contributed by atoms with Crippen LogP contribution in [0.15, 0.2) is 35.1 Å². The summed E-state index contributed by atoms with van der Waals surface area (Å²) in [6.45, 7) is 6.74. The van der Waals surface area contributed by atoms with Gasteiger partial charge in [-0.3, -0.25) is 9.88 Å². The Morgan fingerprint density at radius 2 is 2.24 bits per heavy atom. The van der Waals surface area contributed by atoms with Gasteiger partial charge in [0.15, 0.2) is 0 Å². The molecule has 0 amide bonds. The summed E-state index contributed by atoms with van der Waals surface area (Å²) in [5, 5.41) is 5.98. The van der Waals surface area contributed by atoms with Crippen LogP contribution in [0.3, 0.4) is 0 Å². The molecule has 112 valence electrons. The summed E-state index contributed by atoms with van der Waals surface area (Å²) < 4.78 is 1.21. The molecule has 21 heavy (non-hydrogen) atoms. The maximum absolute atomic E-state index is 4.19. The van der Waals surface area contributed by atoms with Crippen LogP contribution in [0.25, 0.3) is 10.8 Å². The smallest absolute Gasteiger partial charge is 0.0346 e. The van der Waals surface area contributed by atoms with Crippen molar-refractivity contribution in [1.29, 1.82) is 0 Å². The maximum Gasteiger partial charge on any atom is 0.0346 e. The fourth-order valence-electron chi connectivity index (χ4n) is 2.98. The largest absolute Gasteiger partial charge is 0.315 e. The molecule has 0 radical (unpaired) electrons. The summed E-state index contributed by atoms with van der Waals surface area (Å²) in [6.07, 6.45) is 6.33. The highest BCUT2D eigenvalue weighted by molar-refractivity contribution is 9.10. The first kappa shape index (κ1) is 14.9. The van der Waals surface area contributed by atoms with Crippen LogP contribution in [0.1, 0.15) is 25.3 Å². The second-order valence-corrected chi connectivity index (χ2v) is 6.66. The third kappa shape index (κ3) is 3.44. The van der Waals surface area contributed by atoms with Crippen LogP contribution in [0.2, 0.25) is 0 Å². The number of benzene rings is 1. The van der Waals surface area contributed by atoms with Gasteiger partial charge in [0.2, 0.25) is 0 Å². The molecule has 0 bridgehead atoms. The molecular formula is C17H22BrN3. The summed E-state index contributed by atoms with van der Waals surface area (Å²) >= 11 is 3.79. The van der Waals surface area contributed by atoms with E-state index in [1.54, 1.807) is 0 Å². The molecule has 0 unspecified atom stereocenters. The van der Waals surface area contributed by atoms with Crippen LogP contribution in [0, 0.1) is 0 Å². The fraction of sp³-hybridized carbons (Fsp3) is 0.471. The van der Waals surface area contributed by atoms with Crippen molar-refractivity contribution in [2.75, 3.05) is 19.6 Å². The first-order valence-electron chi connectivity index (χ1n) is 7.71. The lowest BCUT2D eigenvalue weighted by molar-refractivity contribution is 0.181. The number of pyridine rings is 1. The van der Waals surface area contributed by atoms with Gasteiger partial charge >= 0.3 is 0 Å². The van der Waals surface area contributed by atoms with Crippen molar-refractivity contribution in [3.05, 3.63) is 40.6 Å². The molecule has 1 fully saturated rings. The Labute approximate surface area is 134 Å². The van der Waals surface area contributed by atoms with Gasteiger partial charge in [-0.1, -0.05) is 12.1 Å². The van der Waals surface area contributed by atoms with Crippen molar-refractivity contribution >= 4 is 26.7 Å². The number of hydrogen-bond donors (Lipinski definition) is 1. The molecule has 0 saturated carbocycles. The van der Waals surface area contributed by atoms with Gasteiger partial charge in [0.25, 0.3) is 0 Å². The number of nitrogens with zero attached hydrogens (tertiary/aromatic N) is 2. The lowest BCUT2D eigenvalue weighted by Crippen LogP contribution is -2.42. The van der Waals surface area contributed by atoms with Crippen molar-refractivity contribution in [2.45, 2.75) is 32.4 Å². The van der Waals surface area contributed by atoms with Gasteiger partial charge < -0.3 is 5.32 Å². The lowest BCUT2D eigenvalue weighted by atomic mass is 10.1. The number of fused-ring (bicyclic) bond motifs is 1. The average molecular weight is 348 g/mol. The van der Waals surface area contributed by atoms with E-state index in [-0.39, 0.29) is 0 Å². The van der Waals surface area contributed by atoms with Crippen molar-refractivity contribution in [1.82, 2.24) is 15.2 Å². The molecule has 1 N–H and O–H groups in total. The third-order valence-corrected chi connectivity index (χ3v) is 5.26. The van der Waals surface area contributed by atoms with E-state index in [0.717, 1.165) is 19.6 Å². The highest BCUT2D eigenvalue weighted by atomic mass is 79.9. The SMILES string of the molecule is C[C@@H]1CNCCCCN1Cc1ccc2cnccc2c1Br. The molecule has 1 aliphatic rings. The highest BCUT2D eigenvalue weighted by Gasteiger charge is 2.17. The molecule has 0 spiro atoms. The van der Waals surface area contributed by atoms with Gasteiger partial charge in [0, 0.05) is 41.4 Å². The van der Waals surface area contributed by atoms with E-state index < -0.39 is 0 Å². The Bertz CT molecular complexity index is 614. The van der Waals surface area contributed by atoms with Gasteiger partial charge in [-0.05, 0) is 65.8 Å². The summed E-state index contributed by atoms with van der Waals surface area (Å²) in [6, 6.07) is 7.06. The van der Waals surface area contributed by atoms with E-state index in [2.05, 4.69) is 56.3 Å². The minimum Gasteiger partial charge on any atom is -0.315 e. The zero-order valence-corrected chi connectivity index (χ0v) is 14.1. The Kier molecular flexibility index (Phi) is 4.88. The number of aromatic nitrogens is 1. The molecule has 1 atom stereocenters. The number of halogens is 1. The number of rotatable bonds is 2. The third-order valence-electron chi connectivity index (χ3n) is 4.32. The maximum atomic E-state index is 4.19. The molecule has 1 aromatic heterocycles. The Balaban J connectivity index is 1.84. The highest BCUT2D eigenvalue weighted by Crippen LogP contribution is 2.28. The van der Waals surface area contributed by atoms with E-state index in [0.29, 0.717) is 6.04 Å². The van der Waals surface area contributed by atoms with E-state index in [1.807, 2.05) is 12.4 Å². The van der Waals surface area contributed by atoms with E-state index >= 15 is 0 Å². The van der Waals surface area contributed by atoms with Crippen molar-refractivity contribution in [2.24, 2.45) is 0 Å². The number of nitrogens with one attached hydrogen (secondary N) is 1. The molecule has 1 aromatic carbocycles. The molecule has 3 nitrogen and oxygen atoms in total. The van der Waals surface area contributed by atoms with Gasteiger partial charge in [-0.2, -0.15) is 0 Å². The lowest BCUT2D eigenvalue weighted by Gasteiger charge is -2.31. The van der Waals surface area contributed by atoms with Crippen LogP contribution in [-0.4, -0.2) is 35.6 Å². The van der Waals surface area contributed by atoms with Crippen LogP contribution >= 0.6 is 15.9 Å². The number of hydrogen-bond acceptors (Lipinski definition) is 3. The first-order chi connectivity index (χ1) is 10.3. The van der Waals surface area contributed by atoms with Crippen LogP contribution < -0.4 is 5.32 Å². The van der Waals surface area contributed by atoms with Gasteiger partial charge in [0.1, 0.15) is 0 Å². The first-order valence-corrected chi connectivity index (χ1v) is 8.51. The summed E-state index contributed by atoms with van der Waals surface area (Å²) in [7, 11) is 0. The molecule has 2 heterocycles. The summed E-state index contributed by atoms with van der Waals surface area (Å²) in [4.78, 5) is 6.78. The Hall–Kier alpha value is -0.970. The quantitative estimate of drug-likeness (QED) is 0.899. The van der Waals surface area contributed by atoms with E-state index in [4.69, 9.17) is 0 Å². The molecule has 1 aliphatic heterocycles.